The van der Waals surface area contributed by atoms with Crippen molar-refractivity contribution in [1.29, 1.82) is 0 Å². The third-order valence-electron chi connectivity index (χ3n) is 3.04. The summed E-state index contributed by atoms with van der Waals surface area (Å²) in [7, 11) is 1.75. The van der Waals surface area contributed by atoms with Gasteiger partial charge in [-0.15, -0.1) is 0 Å². The molecule has 0 aliphatic carbocycles. The van der Waals surface area contributed by atoms with Gasteiger partial charge in [0.05, 0.1) is 12.5 Å². The first-order chi connectivity index (χ1) is 7.97. The Labute approximate surface area is 103 Å². The van der Waals surface area contributed by atoms with Gasteiger partial charge in [0.15, 0.2) is 0 Å². The molecule has 1 unspecified atom stereocenters. The number of carbonyl (C=O) groups is 1. The molecule has 0 saturated carbocycles. The number of hydrogen-bond donors (Lipinski definition) is 1. The lowest BCUT2D eigenvalue weighted by molar-refractivity contribution is -0.124. The highest BCUT2D eigenvalue weighted by atomic mass is 16.3. The quantitative estimate of drug-likeness (QED) is 0.869. The molecule has 1 aromatic rings. The number of rotatable bonds is 4. The molecule has 1 N–H and O–H groups in total. The van der Waals surface area contributed by atoms with Crippen molar-refractivity contribution < 1.29 is 9.90 Å². The van der Waals surface area contributed by atoms with Gasteiger partial charge in [-0.2, -0.15) is 0 Å². The van der Waals surface area contributed by atoms with Crippen molar-refractivity contribution in [3.8, 4) is 0 Å². The normalized spacial score (nSPS) is 12.6. The SMILES string of the molecule is Cc1cccc(N(C)C(=O)C(CO)C(C)C)c1. The van der Waals surface area contributed by atoms with Gasteiger partial charge in [0, 0.05) is 12.7 Å². The third-order valence-corrected chi connectivity index (χ3v) is 3.04. The maximum atomic E-state index is 12.2. The minimum absolute atomic E-state index is 0.0342. The number of aryl methyl sites for hydroxylation is 1. The highest BCUT2D eigenvalue weighted by Crippen LogP contribution is 2.19. The van der Waals surface area contributed by atoms with Crippen LogP contribution in [0.2, 0.25) is 0 Å². The largest absolute Gasteiger partial charge is 0.396 e. The van der Waals surface area contributed by atoms with Crippen LogP contribution in [0.1, 0.15) is 19.4 Å². The second-order valence-electron chi connectivity index (χ2n) is 4.77. The van der Waals surface area contributed by atoms with Crippen LogP contribution in [0, 0.1) is 18.8 Å². The fourth-order valence-electron chi connectivity index (χ4n) is 1.79. The van der Waals surface area contributed by atoms with Gasteiger partial charge in [-0.05, 0) is 30.5 Å². The fourth-order valence-corrected chi connectivity index (χ4v) is 1.79. The average molecular weight is 235 g/mol. The Bertz CT molecular complexity index is 388. The van der Waals surface area contributed by atoms with E-state index in [0.717, 1.165) is 11.3 Å². The molecule has 0 aliphatic heterocycles. The minimum Gasteiger partial charge on any atom is -0.396 e. The predicted molar refractivity (Wildman–Crippen MR) is 70.0 cm³/mol. The van der Waals surface area contributed by atoms with E-state index in [0.29, 0.717) is 0 Å². The highest BCUT2D eigenvalue weighted by Gasteiger charge is 2.25. The Morgan fingerprint density at radius 2 is 2.06 bits per heavy atom. The summed E-state index contributed by atoms with van der Waals surface area (Å²) in [5, 5.41) is 9.27. The van der Waals surface area contributed by atoms with Gasteiger partial charge in [0.1, 0.15) is 0 Å². The van der Waals surface area contributed by atoms with Crippen LogP contribution in [0.5, 0.6) is 0 Å². The molecule has 1 atom stereocenters. The highest BCUT2D eigenvalue weighted by molar-refractivity contribution is 5.94. The molecule has 94 valence electrons. The van der Waals surface area contributed by atoms with E-state index in [1.54, 1.807) is 11.9 Å². The number of aliphatic hydroxyl groups excluding tert-OH is 1. The molecule has 3 heteroatoms. The summed E-state index contributed by atoms with van der Waals surface area (Å²) < 4.78 is 0. The van der Waals surface area contributed by atoms with Crippen molar-refractivity contribution in [1.82, 2.24) is 0 Å². The summed E-state index contributed by atoms with van der Waals surface area (Å²) in [5.41, 5.74) is 1.99. The Kier molecular flexibility index (Phi) is 4.70. The molecule has 0 aromatic heterocycles. The maximum Gasteiger partial charge on any atom is 0.232 e. The fraction of sp³-hybridized carbons (Fsp3) is 0.500. The lowest BCUT2D eigenvalue weighted by Gasteiger charge is -2.25. The van der Waals surface area contributed by atoms with E-state index in [9.17, 15) is 9.90 Å². The number of anilines is 1. The molecule has 0 aliphatic rings. The van der Waals surface area contributed by atoms with E-state index >= 15 is 0 Å². The first kappa shape index (κ1) is 13.7. The molecule has 1 aromatic carbocycles. The number of benzene rings is 1. The summed E-state index contributed by atoms with van der Waals surface area (Å²) in [4.78, 5) is 13.8. The van der Waals surface area contributed by atoms with Gasteiger partial charge >= 0.3 is 0 Å². The first-order valence-corrected chi connectivity index (χ1v) is 5.92. The van der Waals surface area contributed by atoms with Crippen molar-refractivity contribution in [2.75, 3.05) is 18.6 Å². The molecule has 0 spiro atoms. The van der Waals surface area contributed by atoms with Crippen LogP contribution in [0.25, 0.3) is 0 Å². The third kappa shape index (κ3) is 3.30. The van der Waals surface area contributed by atoms with Crippen LogP contribution < -0.4 is 4.90 Å². The van der Waals surface area contributed by atoms with Crippen molar-refractivity contribution in [3.63, 3.8) is 0 Å². The van der Waals surface area contributed by atoms with Gasteiger partial charge in [-0.3, -0.25) is 4.79 Å². The van der Waals surface area contributed by atoms with E-state index in [2.05, 4.69) is 0 Å². The van der Waals surface area contributed by atoms with Gasteiger partial charge < -0.3 is 10.0 Å². The van der Waals surface area contributed by atoms with E-state index in [1.807, 2.05) is 45.0 Å². The molecular formula is C14H21NO2. The Morgan fingerprint density at radius 3 is 2.53 bits per heavy atom. The molecular weight excluding hydrogens is 214 g/mol. The van der Waals surface area contributed by atoms with Crippen molar-refractivity contribution >= 4 is 11.6 Å². The van der Waals surface area contributed by atoms with Crippen LogP contribution in [0.4, 0.5) is 5.69 Å². The second kappa shape index (κ2) is 5.82. The second-order valence-corrected chi connectivity index (χ2v) is 4.77. The van der Waals surface area contributed by atoms with Crippen molar-refractivity contribution in [2.24, 2.45) is 11.8 Å². The Balaban J connectivity index is 2.89. The monoisotopic (exact) mass is 235 g/mol. The Morgan fingerprint density at radius 1 is 1.41 bits per heavy atom. The Hall–Kier alpha value is -1.35. The molecule has 3 nitrogen and oxygen atoms in total. The van der Waals surface area contributed by atoms with Gasteiger partial charge in [0.2, 0.25) is 5.91 Å². The zero-order chi connectivity index (χ0) is 13.0. The lowest BCUT2D eigenvalue weighted by Crippen LogP contribution is -2.37. The molecule has 1 amide bonds. The van der Waals surface area contributed by atoms with Crippen LogP contribution >= 0.6 is 0 Å². The summed E-state index contributed by atoms with van der Waals surface area (Å²) in [6.45, 7) is 5.78. The maximum absolute atomic E-state index is 12.2. The number of hydrogen-bond acceptors (Lipinski definition) is 2. The van der Waals surface area contributed by atoms with Gasteiger partial charge in [-0.25, -0.2) is 0 Å². The van der Waals surface area contributed by atoms with E-state index in [1.165, 1.54) is 0 Å². The smallest absolute Gasteiger partial charge is 0.232 e. The van der Waals surface area contributed by atoms with Crippen LogP contribution in [0.15, 0.2) is 24.3 Å². The summed E-state index contributed by atoms with van der Waals surface area (Å²) in [5.74, 6) is -0.228. The summed E-state index contributed by atoms with van der Waals surface area (Å²) in [6, 6.07) is 7.79. The topological polar surface area (TPSA) is 40.5 Å². The molecule has 1 rings (SSSR count). The average Bonchev–Trinajstić information content (AvgIpc) is 2.28. The standard InChI is InChI=1S/C14H21NO2/c1-10(2)13(9-16)14(17)15(4)12-7-5-6-11(3)8-12/h5-8,10,13,16H,9H2,1-4H3. The predicted octanol–water partition coefficient (Wildman–Crippen LogP) is 2.22. The molecule has 0 fully saturated rings. The van der Waals surface area contributed by atoms with E-state index in [-0.39, 0.29) is 24.3 Å². The van der Waals surface area contributed by atoms with Crippen LogP contribution in [-0.4, -0.2) is 24.7 Å². The molecule has 0 radical (unpaired) electrons. The van der Waals surface area contributed by atoms with E-state index < -0.39 is 0 Å². The van der Waals surface area contributed by atoms with Gasteiger partial charge in [0.25, 0.3) is 0 Å². The van der Waals surface area contributed by atoms with Crippen molar-refractivity contribution in [2.45, 2.75) is 20.8 Å². The first-order valence-electron chi connectivity index (χ1n) is 5.92. The molecule has 0 saturated heterocycles. The number of amides is 1. The minimum atomic E-state index is -0.333. The molecule has 17 heavy (non-hydrogen) atoms. The van der Waals surface area contributed by atoms with Crippen LogP contribution in [-0.2, 0) is 4.79 Å². The lowest BCUT2D eigenvalue weighted by atomic mass is 9.95. The zero-order valence-electron chi connectivity index (χ0n) is 11.0. The zero-order valence-corrected chi connectivity index (χ0v) is 11.0. The number of carbonyl (C=O) groups excluding carboxylic acids is 1. The van der Waals surface area contributed by atoms with Crippen molar-refractivity contribution in [3.05, 3.63) is 29.8 Å². The summed E-state index contributed by atoms with van der Waals surface area (Å²) in [6.07, 6.45) is 0. The van der Waals surface area contributed by atoms with E-state index in [4.69, 9.17) is 0 Å². The molecule has 0 bridgehead atoms. The number of aliphatic hydroxyl groups is 1. The molecule has 0 heterocycles. The van der Waals surface area contributed by atoms with Crippen LogP contribution in [0.3, 0.4) is 0 Å². The number of nitrogens with zero attached hydrogens (tertiary/aromatic N) is 1. The van der Waals surface area contributed by atoms with Gasteiger partial charge in [-0.1, -0.05) is 26.0 Å². The summed E-state index contributed by atoms with van der Waals surface area (Å²) >= 11 is 0.